The monoisotopic (exact) mass is 578 g/mol. The second kappa shape index (κ2) is 11.9. The number of aliphatic hydroxyl groups is 6. The molecule has 2 aliphatic rings. The lowest BCUT2D eigenvalue weighted by molar-refractivity contribution is -0.307. The number of phenolic OH excluding ortho intramolecular Hbond substituents is 1. The molecule has 9 atom stereocenters. The molecule has 0 saturated carbocycles. The molecule has 3 aromatic rings. The van der Waals surface area contributed by atoms with E-state index in [0.717, 1.165) is 6.07 Å². The lowest BCUT2D eigenvalue weighted by Gasteiger charge is -2.41. The molecule has 3 heterocycles. The predicted molar refractivity (Wildman–Crippen MR) is 137 cm³/mol. The number of rotatable bonds is 7. The zero-order chi connectivity index (χ0) is 29.4. The molecule has 2 aliphatic heterocycles. The van der Waals surface area contributed by atoms with Gasteiger partial charge in [-0.2, -0.15) is 0 Å². The molecule has 0 radical (unpaired) electrons. The molecule has 14 heteroatoms. The van der Waals surface area contributed by atoms with Gasteiger partial charge in [-0.3, -0.25) is 4.79 Å². The number of aromatic hydroxyl groups is 1. The van der Waals surface area contributed by atoms with Crippen molar-refractivity contribution >= 4 is 11.0 Å². The van der Waals surface area contributed by atoms with Crippen molar-refractivity contribution in [1.82, 2.24) is 0 Å². The Labute approximate surface area is 232 Å². The number of hydrogen-bond donors (Lipinski definition) is 7. The van der Waals surface area contributed by atoms with E-state index < -0.39 is 67.3 Å². The minimum atomic E-state index is -1.79. The summed E-state index contributed by atoms with van der Waals surface area (Å²) in [6, 6.07) is 10.3. The van der Waals surface area contributed by atoms with Gasteiger partial charge in [0, 0.05) is 23.8 Å². The Hall–Kier alpha value is -3.31. The van der Waals surface area contributed by atoms with Crippen molar-refractivity contribution in [2.45, 2.75) is 55.3 Å². The zero-order valence-corrected chi connectivity index (χ0v) is 21.6. The van der Waals surface area contributed by atoms with E-state index in [1.54, 1.807) is 24.3 Å². The fourth-order valence-corrected chi connectivity index (χ4v) is 4.62. The highest BCUT2D eigenvalue weighted by atomic mass is 16.7. The Morgan fingerprint density at radius 2 is 1.59 bits per heavy atom. The third kappa shape index (κ3) is 5.88. The lowest BCUT2D eigenvalue weighted by atomic mass is 9.99. The molecular formula is C27H30O14. The summed E-state index contributed by atoms with van der Waals surface area (Å²) in [6.45, 7) is -0.819. The number of hydrogen-bond acceptors (Lipinski definition) is 14. The van der Waals surface area contributed by atoms with Gasteiger partial charge in [-0.25, -0.2) is 0 Å². The Balaban J connectivity index is 1.37. The maximum atomic E-state index is 13.2. The van der Waals surface area contributed by atoms with Crippen LogP contribution in [0.3, 0.4) is 0 Å². The van der Waals surface area contributed by atoms with Gasteiger partial charge in [0.05, 0.1) is 20.3 Å². The van der Waals surface area contributed by atoms with Crippen LogP contribution in [-0.2, 0) is 14.2 Å². The Kier molecular flexibility index (Phi) is 8.47. The number of fused-ring (bicyclic) bond motifs is 1. The molecule has 5 rings (SSSR count). The van der Waals surface area contributed by atoms with Crippen molar-refractivity contribution in [2.75, 3.05) is 20.3 Å². The van der Waals surface area contributed by atoms with E-state index in [9.17, 15) is 40.5 Å². The largest absolute Gasteiger partial charge is 0.508 e. The SMILES string of the molecule is COc1ccc(-c2cc(=O)c3c(O[C@@H]4O[C@H](CO[C@@H]5OC[C@@H](O)[C@@H](O)[C@H]5O)[C@@H](O)[C@@H](O)[C@H]4O)cc(O)cc3o2)cc1. The van der Waals surface area contributed by atoms with E-state index in [1.807, 2.05) is 0 Å². The van der Waals surface area contributed by atoms with Crippen LogP contribution in [0.5, 0.6) is 17.2 Å². The van der Waals surface area contributed by atoms with Gasteiger partial charge in [-0.1, -0.05) is 0 Å². The molecule has 0 unspecified atom stereocenters. The summed E-state index contributed by atoms with van der Waals surface area (Å²) in [5, 5.41) is 71.2. The fourth-order valence-electron chi connectivity index (χ4n) is 4.62. The van der Waals surface area contributed by atoms with Crippen LogP contribution in [0.4, 0.5) is 0 Å². The van der Waals surface area contributed by atoms with Gasteiger partial charge in [-0.05, 0) is 24.3 Å². The fraction of sp³-hybridized carbons (Fsp3) is 0.444. The van der Waals surface area contributed by atoms with Crippen LogP contribution < -0.4 is 14.9 Å². The molecular weight excluding hydrogens is 548 g/mol. The molecule has 14 nitrogen and oxygen atoms in total. The molecule has 1 aromatic heterocycles. The molecule has 0 spiro atoms. The van der Waals surface area contributed by atoms with E-state index in [1.165, 1.54) is 19.2 Å². The highest BCUT2D eigenvalue weighted by Crippen LogP contribution is 2.34. The third-order valence-electron chi connectivity index (χ3n) is 6.94. The van der Waals surface area contributed by atoms with Gasteiger partial charge in [0.2, 0.25) is 6.29 Å². The van der Waals surface area contributed by atoms with Gasteiger partial charge >= 0.3 is 0 Å². The zero-order valence-electron chi connectivity index (χ0n) is 21.6. The summed E-state index contributed by atoms with van der Waals surface area (Å²) in [4.78, 5) is 13.2. The molecule has 7 N–H and O–H groups in total. The van der Waals surface area contributed by atoms with Gasteiger partial charge < -0.3 is 63.8 Å². The summed E-state index contributed by atoms with van der Waals surface area (Å²) < 4.78 is 32.9. The Morgan fingerprint density at radius 1 is 0.878 bits per heavy atom. The van der Waals surface area contributed by atoms with E-state index in [2.05, 4.69) is 0 Å². The van der Waals surface area contributed by atoms with Crippen molar-refractivity contribution < 1.29 is 63.8 Å². The first kappa shape index (κ1) is 29.2. The van der Waals surface area contributed by atoms with Crippen LogP contribution in [0.1, 0.15) is 0 Å². The van der Waals surface area contributed by atoms with Crippen molar-refractivity contribution in [2.24, 2.45) is 0 Å². The Morgan fingerprint density at radius 3 is 2.29 bits per heavy atom. The third-order valence-corrected chi connectivity index (χ3v) is 6.94. The second-order valence-corrected chi connectivity index (χ2v) is 9.74. The van der Waals surface area contributed by atoms with E-state index in [0.29, 0.717) is 11.3 Å². The molecule has 2 aromatic carbocycles. The van der Waals surface area contributed by atoms with E-state index in [-0.39, 0.29) is 34.8 Å². The second-order valence-electron chi connectivity index (χ2n) is 9.74. The van der Waals surface area contributed by atoms with Crippen LogP contribution in [0.25, 0.3) is 22.3 Å². The minimum absolute atomic E-state index is 0.0340. The van der Waals surface area contributed by atoms with Crippen LogP contribution in [0.15, 0.2) is 51.7 Å². The summed E-state index contributed by atoms with van der Waals surface area (Å²) in [5.74, 6) is 0.241. The number of methoxy groups -OCH3 is 1. The highest BCUT2D eigenvalue weighted by molar-refractivity contribution is 5.86. The topological polar surface area (TPSA) is 218 Å². The average molecular weight is 579 g/mol. The number of phenols is 1. The average Bonchev–Trinajstić information content (AvgIpc) is 2.96. The van der Waals surface area contributed by atoms with Gasteiger partial charge in [0.15, 0.2) is 11.7 Å². The minimum Gasteiger partial charge on any atom is -0.508 e. The smallest absolute Gasteiger partial charge is 0.229 e. The number of benzene rings is 2. The molecule has 41 heavy (non-hydrogen) atoms. The molecule has 0 bridgehead atoms. The molecule has 2 fully saturated rings. The summed E-state index contributed by atoms with van der Waals surface area (Å²) in [5.41, 5.74) is -0.00836. The molecule has 222 valence electrons. The standard InChI is InChI=1S/C27H30O14/c1-36-13-4-2-11(3-5-13)16-8-14(29)20-17(39-16)6-12(28)7-18(20)40-27-25(35)23(33)22(32)19(41-27)10-38-26-24(34)21(31)15(30)9-37-26/h2-8,15,19,21-28,30-35H,9-10H2,1H3/t15-,19-,21-,22-,23-,24-,25-,26+,27-/m1/s1. The quantitative estimate of drug-likeness (QED) is 0.176. The van der Waals surface area contributed by atoms with Crippen molar-refractivity contribution in [3.63, 3.8) is 0 Å². The number of ether oxygens (including phenoxy) is 5. The predicted octanol–water partition coefficient (Wildman–Crippen LogP) is -1.18. The van der Waals surface area contributed by atoms with Crippen LogP contribution >= 0.6 is 0 Å². The first-order valence-electron chi connectivity index (χ1n) is 12.7. The molecule has 0 amide bonds. The molecule has 2 saturated heterocycles. The van der Waals surface area contributed by atoms with Crippen molar-refractivity contribution in [3.8, 4) is 28.6 Å². The summed E-state index contributed by atoms with van der Waals surface area (Å²) >= 11 is 0. The molecule has 0 aliphatic carbocycles. The van der Waals surface area contributed by atoms with Gasteiger partial charge in [-0.15, -0.1) is 0 Å². The van der Waals surface area contributed by atoms with Crippen molar-refractivity contribution in [3.05, 3.63) is 52.7 Å². The normalized spacial score (nSPS) is 32.1. The van der Waals surface area contributed by atoms with E-state index >= 15 is 0 Å². The Bertz CT molecular complexity index is 1410. The number of aliphatic hydroxyl groups excluding tert-OH is 6. The first-order chi connectivity index (χ1) is 19.6. The van der Waals surface area contributed by atoms with Gasteiger partial charge in [0.25, 0.3) is 0 Å². The lowest BCUT2D eigenvalue weighted by Crippen LogP contribution is -2.61. The maximum Gasteiger partial charge on any atom is 0.229 e. The van der Waals surface area contributed by atoms with Crippen molar-refractivity contribution in [1.29, 1.82) is 0 Å². The van der Waals surface area contributed by atoms with Crippen LogP contribution in [0, 0.1) is 0 Å². The highest BCUT2D eigenvalue weighted by Gasteiger charge is 2.46. The maximum absolute atomic E-state index is 13.2. The first-order valence-corrected chi connectivity index (χ1v) is 12.7. The summed E-state index contributed by atoms with van der Waals surface area (Å²) in [6.07, 6.45) is -14.1. The van der Waals surface area contributed by atoms with Gasteiger partial charge in [0.1, 0.15) is 76.7 Å². The summed E-state index contributed by atoms with van der Waals surface area (Å²) in [7, 11) is 1.52. The van der Waals surface area contributed by atoms with Crippen LogP contribution in [0.2, 0.25) is 0 Å². The van der Waals surface area contributed by atoms with E-state index in [4.69, 9.17) is 28.1 Å². The van der Waals surface area contributed by atoms with Crippen LogP contribution in [-0.4, -0.2) is 111 Å².